The van der Waals surface area contributed by atoms with E-state index in [1.807, 2.05) is 37.3 Å². The minimum absolute atomic E-state index is 0.00250. The van der Waals surface area contributed by atoms with Crippen LogP contribution >= 0.6 is 0 Å². The fourth-order valence-corrected chi connectivity index (χ4v) is 4.37. The van der Waals surface area contributed by atoms with Crippen molar-refractivity contribution in [1.82, 2.24) is 4.57 Å². The zero-order valence-electron chi connectivity index (χ0n) is 20.1. The Bertz CT molecular complexity index is 1380. The number of nitriles is 1. The summed E-state index contributed by atoms with van der Waals surface area (Å²) in [5, 5.41) is 9.85. The Labute approximate surface area is 203 Å². The van der Waals surface area contributed by atoms with Crippen molar-refractivity contribution in [3.8, 4) is 29.1 Å². The molecule has 0 bridgehead atoms. The van der Waals surface area contributed by atoms with E-state index >= 15 is 0 Å². The van der Waals surface area contributed by atoms with Crippen LogP contribution in [0.25, 0.3) is 0 Å². The summed E-state index contributed by atoms with van der Waals surface area (Å²) in [6.45, 7) is 2.28. The van der Waals surface area contributed by atoms with E-state index in [0.717, 1.165) is 16.8 Å². The highest BCUT2D eigenvalue weighted by Crippen LogP contribution is 2.40. The number of nitrogens with two attached hydrogens (primary N) is 1. The van der Waals surface area contributed by atoms with E-state index in [4.69, 9.17) is 24.7 Å². The van der Waals surface area contributed by atoms with Gasteiger partial charge in [-0.1, -0.05) is 18.2 Å². The van der Waals surface area contributed by atoms with Crippen molar-refractivity contribution in [2.75, 3.05) is 21.3 Å². The van der Waals surface area contributed by atoms with Crippen LogP contribution in [0.1, 0.15) is 28.3 Å². The Morgan fingerprint density at radius 3 is 2.37 bits per heavy atom. The van der Waals surface area contributed by atoms with Crippen LogP contribution in [0.15, 0.2) is 64.8 Å². The molecule has 8 nitrogen and oxygen atoms in total. The smallest absolute Gasteiger partial charge is 0.258 e. The van der Waals surface area contributed by atoms with Gasteiger partial charge in [0, 0.05) is 18.3 Å². The Hall–Kier alpha value is -4.38. The molecule has 8 heteroatoms. The number of aryl methyl sites for hydroxylation is 2. The van der Waals surface area contributed by atoms with Gasteiger partial charge in [-0.25, -0.2) is 0 Å². The fourth-order valence-electron chi connectivity index (χ4n) is 4.37. The molecule has 4 rings (SSSR count). The normalized spacial score (nSPS) is 14.5. The summed E-state index contributed by atoms with van der Waals surface area (Å²) < 4.78 is 23.4. The second-order valence-corrected chi connectivity index (χ2v) is 8.16. The van der Waals surface area contributed by atoms with Crippen LogP contribution in [0, 0.1) is 18.3 Å². The summed E-state index contributed by atoms with van der Waals surface area (Å²) in [5.74, 6) is 1.68. The zero-order chi connectivity index (χ0) is 25.1. The number of ether oxygens (including phenoxy) is 4. The highest BCUT2D eigenvalue weighted by molar-refractivity contribution is 5.55. The number of methoxy groups -OCH3 is 3. The number of hydrogen-bond donors (Lipinski definition) is 1. The molecular formula is C27H27N3O5. The number of aromatic nitrogens is 1. The summed E-state index contributed by atoms with van der Waals surface area (Å²) in [5.41, 5.74) is 8.94. The van der Waals surface area contributed by atoms with E-state index in [-0.39, 0.29) is 17.0 Å². The molecule has 0 spiro atoms. The molecular weight excluding hydrogens is 446 g/mol. The minimum atomic E-state index is -0.643. The maximum absolute atomic E-state index is 13.8. The lowest BCUT2D eigenvalue weighted by Crippen LogP contribution is -2.33. The second kappa shape index (κ2) is 9.85. The van der Waals surface area contributed by atoms with Crippen molar-refractivity contribution in [3.05, 3.63) is 92.7 Å². The van der Waals surface area contributed by atoms with Crippen LogP contribution < -0.4 is 30.2 Å². The quantitative estimate of drug-likeness (QED) is 0.558. The van der Waals surface area contributed by atoms with Crippen LogP contribution in [-0.2, 0) is 13.0 Å². The molecule has 2 N–H and O–H groups in total. The molecule has 0 aliphatic carbocycles. The average Bonchev–Trinajstić information content (AvgIpc) is 2.87. The van der Waals surface area contributed by atoms with E-state index in [2.05, 4.69) is 6.07 Å². The number of allylic oxidation sites excluding steroid dienone is 1. The molecule has 1 atom stereocenters. The lowest BCUT2D eigenvalue weighted by atomic mass is 9.84. The average molecular weight is 474 g/mol. The molecule has 1 aliphatic heterocycles. The van der Waals surface area contributed by atoms with Crippen molar-refractivity contribution in [1.29, 1.82) is 5.26 Å². The van der Waals surface area contributed by atoms with Gasteiger partial charge < -0.3 is 29.2 Å². The maximum Gasteiger partial charge on any atom is 0.258 e. The maximum atomic E-state index is 13.8. The van der Waals surface area contributed by atoms with Gasteiger partial charge >= 0.3 is 0 Å². The number of fused-ring (bicyclic) bond motifs is 1. The largest absolute Gasteiger partial charge is 0.497 e. The molecule has 180 valence electrons. The molecule has 0 saturated carbocycles. The summed E-state index contributed by atoms with van der Waals surface area (Å²) in [4.78, 5) is 13.8. The Morgan fingerprint density at radius 1 is 1.03 bits per heavy atom. The highest BCUT2D eigenvalue weighted by atomic mass is 16.5. The molecule has 1 aliphatic rings. The Morgan fingerprint density at radius 2 is 1.74 bits per heavy atom. The van der Waals surface area contributed by atoms with E-state index in [0.29, 0.717) is 41.5 Å². The first-order valence-corrected chi connectivity index (χ1v) is 11.1. The first kappa shape index (κ1) is 23.8. The van der Waals surface area contributed by atoms with Crippen LogP contribution in [0.2, 0.25) is 0 Å². The molecule has 0 unspecified atom stereocenters. The Kier molecular flexibility index (Phi) is 6.69. The third-order valence-corrected chi connectivity index (χ3v) is 6.21. The van der Waals surface area contributed by atoms with E-state index in [1.165, 1.54) is 0 Å². The summed E-state index contributed by atoms with van der Waals surface area (Å²) in [7, 11) is 4.76. The molecule has 0 radical (unpaired) electrons. The van der Waals surface area contributed by atoms with Gasteiger partial charge in [0.1, 0.15) is 23.1 Å². The van der Waals surface area contributed by atoms with Crippen molar-refractivity contribution in [2.24, 2.45) is 5.73 Å². The van der Waals surface area contributed by atoms with Crippen LogP contribution in [0.4, 0.5) is 0 Å². The fraction of sp³-hybridized carbons (Fsp3) is 0.259. The summed E-state index contributed by atoms with van der Waals surface area (Å²) >= 11 is 0. The highest BCUT2D eigenvalue weighted by Gasteiger charge is 2.34. The third-order valence-electron chi connectivity index (χ3n) is 6.21. The monoisotopic (exact) mass is 473 g/mol. The lowest BCUT2D eigenvalue weighted by Gasteiger charge is -2.27. The lowest BCUT2D eigenvalue weighted by molar-refractivity contribution is 0.354. The van der Waals surface area contributed by atoms with E-state index in [9.17, 15) is 10.1 Å². The molecule has 1 aromatic heterocycles. The number of benzene rings is 2. The van der Waals surface area contributed by atoms with E-state index < -0.39 is 5.92 Å². The molecule has 0 fully saturated rings. The van der Waals surface area contributed by atoms with Gasteiger partial charge in [0.15, 0.2) is 11.5 Å². The zero-order valence-corrected chi connectivity index (χ0v) is 20.1. The second-order valence-electron chi connectivity index (χ2n) is 8.16. The van der Waals surface area contributed by atoms with Gasteiger partial charge in [-0.05, 0) is 48.7 Å². The molecule has 2 heterocycles. The minimum Gasteiger partial charge on any atom is -0.497 e. The SMILES string of the molecule is COc1ccc([C@H]2C(C#N)=C(N)Oc3cc(C)n(CCc4ccc(OC)c(OC)c4)c(=O)c32)cc1. The van der Waals surface area contributed by atoms with Gasteiger partial charge in [0.2, 0.25) is 5.88 Å². The molecule has 0 amide bonds. The van der Waals surface area contributed by atoms with Gasteiger partial charge in [-0.2, -0.15) is 5.26 Å². The summed E-state index contributed by atoms with van der Waals surface area (Å²) in [6.07, 6.45) is 0.594. The van der Waals surface area contributed by atoms with Gasteiger partial charge in [0.05, 0.1) is 32.8 Å². The number of rotatable bonds is 7. The predicted octanol–water partition coefficient (Wildman–Crippen LogP) is 3.64. The molecule has 2 aromatic carbocycles. The third kappa shape index (κ3) is 4.41. The van der Waals surface area contributed by atoms with Crippen molar-refractivity contribution in [3.63, 3.8) is 0 Å². The van der Waals surface area contributed by atoms with Crippen molar-refractivity contribution in [2.45, 2.75) is 25.8 Å². The van der Waals surface area contributed by atoms with Crippen LogP contribution in [0.5, 0.6) is 23.0 Å². The topological polar surface area (TPSA) is 109 Å². The first-order valence-electron chi connectivity index (χ1n) is 11.1. The van der Waals surface area contributed by atoms with Crippen molar-refractivity contribution < 1.29 is 18.9 Å². The van der Waals surface area contributed by atoms with Gasteiger partial charge in [-0.15, -0.1) is 0 Å². The number of nitrogens with zero attached hydrogens (tertiary/aromatic N) is 2. The van der Waals surface area contributed by atoms with Gasteiger partial charge in [-0.3, -0.25) is 4.79 Å². The van der Waals surface area contributed by atoms with Crippen LogP contribution in [-0.4, -0.2) is 25.9 Å². The van der Waals surface area contributed by atoms with Crippen molar-refractivity contribution >= 4 is 0 Å². The van der Waals surface area contributed by atoms with Gasteiger partial charge in [0.25, 0.3) is 5.56 Å². The number of hydrogen-bond acceptors (Lipinski definition) is 7. The van der Waals surface area contributed by atoms with Crippen LogP contribution in [0.3, 0.4) is 0 Å². The number of pyridine rings is 1. The Balaban J connectivity index is 1.76. The molecule has 35 heavy (non-hydrogen) atoms. The first-order chi connectivity index (χ1) is 16.9. The predicted molar refractivity (Wildman–Crippen MR) is 131 cm³/mol. The summed E-state index contributed by atoms with van der Waals surface area (Å²) in [6, 6.07) is 16.9. The molecule has 3 aromatic rings. The van der Waals surface area contributed by atoms with E-state index in [1.54, 1.807) is 44.1 Å². The molecule has 0 saturated heterocycles. The standard InChI is InChI=1S/C27H27N3O5/c1-16-13-23-25(24(20(15-28)26(29)35-23)18-6-8-19(32-2)9-7-18)27(31)30(16)12-11-17-5-10-21(33-3)22(14-17)34-4/h5-10,13-14,24H,11-12,29H2,1-4H3/t24-/m0/s1.